The molecule has 0 aromatic heterocycles. The monoisotopic (exact) mass is 248 g/mol. The van der Waals surface area contributed by atoms with E-state index in [0.717, 1.165) is 17.7 Å². The van der Waals surface area contributed by atoms with Crippen LogP contribution in [0.1, 0.15) is 22.3 Å². The Hall–Kier alpha value is -1.88. The summed E-state index contributed by atoms with van der Waals surface area (Å²) in [6, 6.07) is 4.93. The van der Waals surface area contributed by atoms with Crippen LogP contribution in [0.4, 0.5) is 5.69 Å². The minimum Gasteiger partial charge on any atom is -0.478 e. The average molecular weight is 248 g/mol. The van der Waals surface area contributed by atoms with Crippen molar-refractivity contribution in [2.45, 2.75) is 12.8 Å². The van der Waals surface area contributed by atoms with Crippen LogP contribution >= 0.6 is 0 Å². The normalized spacial score (nSPS) is 13.5. The number of rotatable bonds is 4. The summed E-state index contributed by atoms with van der Waals surface area (Å²) in [5.74, 6) is -0.857. The maximum absolute atomic E-state index is 12.0. The van der Waals surface area contributed by atoms with Crippen molar-refractivity contribution in [2.75, 3.05) is 25.0 Å². The van der Waals surface area contributed by atoms with Gasteiger partial charge in [0, 0.05) is 25.2 Å². The van der Waals surface area contributed by atoms with Crippen molar-refractivity contribution in [3.8, 4) is 0 Å². The third kappa shape index (κ3) is 2.36. The number of anilines is 1. The Labute approximate surface area is 105 Å². The molecule has 5 heteroatoms. The van der Waals surface area contributed by atoms with E-state index < -0.39 is 5.97 Å². The lowest BCUT2D eigenvalue weighted by Crippen LogP contribution is -2.31. The first-order valence-electron chi connectivity index (χ1n) is 5.94. The summed E-state index contributed by atoms with van der Waals surface area (Å²) in [7, 11) is 1.81. The van der Waals surface area contributed by atoms with Crippen LogP contribution in [0.5, 0.6) is 0 Å². The van der Waals surface area contributed by atoms with E-state index in [4.69, 9.17) is 5.11 Å². The Kier molecular flexibility index (Phi) is 3.62. The maximum Gasteiger partial charge on any atom is 0.335 e. The molecule has 1 amide bonds. The number of nitrogens with one attached hydrogen (secondary N) is 1. The van der Waals surface area contributed by atoms with Gasteiger partial charge in [0.1, 0.15) is 0 Å². The van der Waals surface area contributed by atoms with Crippen molar-refractivity contribution in [2.24, 2.45) is 0 Å². The van der Waals surface area contributed by atoms with Gasteiger partial charge in [0.05, 0.1) is 5.56 Å². The van der Waals surface area contributed by atoms with Crippen molar-refractivity contribution in [3.63, 3.8) is 0 Å². The van der Waals surface area contributed by atoms with Gasteiger partial charge < -0.3 is 15.3 Å². The number of benzene rings is 1. The lowest BCUT2D eigenvalue weighted by molar-refractivity contribution is -0.118. The Morgan fingerprint density at radius 1 is 1.44 bits per heavy atom. The Morgan fingerprint density at radius 2 is 2.22 bits per heavy atom. The third-order valence-corrected chi connectivity index (χ3v) is 3.11. The predicted octanol–water partition coefficient (Wildman–Crippen LogP) is 0.883. The highest BCUT2D eigenvalue weighted by atomic mass is 16.4. The first-order chi connectivity index (χ1) is 8.63. The molecule has 1 aliphatic rings. The molecule has 18 heavy (non-hydrogen) atoms. The number of aromatic carboxylic acids is 1. The van der Waals surface area contributed by atoms with E-state index in [1.807, 2.05) is 7.05 Å². The molecule has 96 valence electrons. The largest absolute Gasteiger partial charge is 0.478 e. The molecule has 1 heterocycles. The highest BCUT2D eigenvalue weighted by Gasteiger charge is 2.24. The molecule has 1 aliphatic heterocycles. The highest BCUT2D eigenvalue weighted by Crippen LogP contribution is 2.29. The molecule has 2 N–H and O–H groups in total. The van der Waals surface area contributed by atoms with E-state index in [9.17, 15) is 9.59 Å². The molecule has 5 nitrogen and oxygen atoms in total. The number of amides is 1. The second-order valence-electron chi connectivity index (χ2n) is 4.30. The molecule has 0 radical (unpaired) electrons. The summed E-state index contributed by atoms with van der Waals surface area (Å²) in [5.41, 5.74) is 2.06. The summed E-state index contributed by atoms with van der Waals surface area (Å²) in [4.78, 5) is 24.6. The summed E-state index contributed by atoms with van der Waals surface area (Å²) in [6.07, 6.45) is 1.18. The van der Waals surface area contributed by atoms with Crippen LogP contribution in [0.2, 0.25) is 0 Å². The van der Waals surface area contributed by atoms with Crippen LogP contribution in [0.25, 0.3) is 0 Å². The van der Waals surface area contributed by atoms with E-state index in [0.29, 0.717) is 19.5 Å². The van der Waals surface area contributed by atoms with Gasteiger partial charge in [-0.15, -0.1) is 0 Å². The van der Waals surface area contributed by atoms with E-state index in [-0.39, 0.29) is 11.5 Å². The molecule has 2 rings (SSSR count). The Bertz CT molecular complexity index is 485. The zero-order valence-electron chi connectivity index (χ0n) is 10.3. The van der Waals surface area contributed by atoms with Gasteiger partial charge in [-0.05, 0) is 37.2 Å². The zero-order valence-corrected chi connectivity index (χ0v) is 10.3. The number of nitrogens with zero attached hydrogens (tertiary/aromatic N) is 1. The predicted molar refractivity (Wildman–Crippen MR) is 68.0 cm³/mol. The second kappa shape index (κ2) is 5.18. The standard InChI is InChI=1S/C13H16N2O3/c1-14-6-4-12(16)15-7-5-9-8-10(13(17)18)2-3-11(9)15/h2-3,8,14H,4-7H2,1H3,(H,17,18). The number of carbonyl (C=O) groups is 2. The number of hydrogen-bond donors (Lipinski definition) is 2. The van der Waals surface area contributed by atoms with Gasteiger partial charge in [0.2, 0.25) is 5.91 Å². The molecular formula is C13H16N2O3. The van der Waals surface area contributed by atoms with E-state index in [1.54, 1.807) is 23.1 Å². The summed E-state index contributed by atoms with van der Waals surface area (Å²) >= 11 is 0. The van der Waals surface area contributed by atoms with Crippen molar-refractivity contribution in [1.82, 2.24) is 5.32 Å². The van der Waals surface area contributed by atoms with Crippen LogP contribution in [-0.4, -0.2) is 37.1 Å². The van der Waals surface area contributed by atoms with Gasteiger partial charge in [-0.1, -0.05) is 0 Å². The summed E-state index contributed by atoms with van der Waals surface area (Å²) < 4.78 is 0. The number of carboxylic acids is 1. The van der Waals surface area contributed by atoms with Gasteiger partial charge in [0.15, 0.2) is 0 Å². The fourth-order valence-electron chi connectivity index (χ4n) is 2.16. The highest BCUT2D eigenvalue weighted by molar-refractivity contribution is 5.97. The van der Waals surface area contributed by atoms with Crippen LogP contribution < -0.4 is 10.2 Å². The number of carbonyl (C=O) groups excluding carboxylic acids is 1. The first-order valence-corrected chi connectivity index (χ1v) is 5.94. The molecule has 0 bridgehead atoms. The molecule has 0 aliphatic carbocycles. The van der Waals surface area contributed by atoms with Gasteiger partial charge in [-0.2, -0.15) is 0 Å². The van der Waals surface area contributed by atoms with Crippen molar-refractivity contribution in [3.05, 3.63) is 29.3 Å². The quantitative estimate of drug-likeness (QED) is 0.830. The minimum absolute atomic E-state index is 0.0752. The molecular weight excluding hydrogens is 232 g/mol. The number of carboxylic acid groups (broad SMARTS) is 1. The molecule has 1 aromatic carbocycles. The van der Waals surface area contributed by atoms with Crippen molar-refractivity contribution < 1.29 is 14.7 Å². The Balaban J connectivity index is 2.18. The van der Waals surface area contributed by atoms with Crippen molar-refractivity contribution in [1.29, 1.82) is 0 Å². The van der Waals surface area contributed by atoms with Crippen LogP contribution in [-0.2, 0) is 11.2 Å². The van der Waals surface area contributed by atoms with Crippen LogP contribution in [0.3, 0.4) is 0 Å². The fraction of sp³-hybridized carbons (Fsp3) is 0.385. The van der Waals surface area contributed by atoms with Gasteiger partial charge in [0.25, 0.3) is 0 Å². The van der Waals surface area contributed by atoms with E-state index in [1.165, 1.54) is 0 Å². The van der Waals surface area contributed by atoms with Gasteiger partial charge in [-0.3, -0.25) is 4.79 Å². The van der Waals surface area contributed by atoms with Crippen molar-refractivity contribution >= 4 is 17.6 Å². The van der Waals surface area contributed by atoms with E-state index >= 15 is 0 Å². The number of hydrogen-bond acceptors (Lipinski definition) is 3. The molecule has 0 unspecified atom stereocenters. The molecule has 0 spiro atoms. The van der Waals surface area contributed by atoms with Gasteiger partial charge >= 0.3 is 5.97 Å². The number of fused-ring (bicyclic) bond motifs is 1. The zero-order chi connectivity index (χ0) is 13.1. The maximum atomic E-state index is 12.0. The average Bonchev–Trinajstić information content (AvgIpc) is 2.78. The topological polar surface area (TPSA) is 69.6 Å². The third-order valence-electron chi connectivity index (χ3n) is 3.11. The van der Waals surface area contributed by atoms with Gasteiger partial charge in [-0.25, -0.2) is 4.79 Å². The Morgan fingerprint density at radius 3 is 2.89 bits per heavy atom. The summed E-state index contributed by atoms with van der Waals surface area (Å²) in [5, 5.41) is 11.9. The first kappa shape index (κ1) is 12.6. The molecule has 0 saturated heterocycles. The smallest absolute Gasteiger partial charge is 0.335 e. The molecule has 0 saturated carbocycles. The molecule has 0 fully saturated rings. The lowest BCUT2D eigenvalue weighted by Gasteiger charge is -2.17. The molecule has 1 aromatic rings. The SMILES string of the molecule is CNCCC(=O)N1CCc2cc(C(=O)O)ccc21. The van der Waals surface area contributed by atoms with Crippen LogP contribution in [0.15, 0.2) is 18.2 Å². The minimum atomic E-state index is -0.933. The fourth-order valence-corrected chi connectivity index (χ4v) is 2.16. The van der Waals surface area contributed by atoms with E-state index in [2.05, 4.69) is 5.32 Å². The summed E-state index contributed by atoms with van der Waals surface area (Å²) in [6.45, 7) is 1.29. The molecule has 0 atom stereocenters. The van der Waals surface area contributed by atoms with Crippen LogP contribution in [0, 0.1) is 0 Å². The lowest BCUT2D eigenvalue weighted by atomic mass is 10.1. The second-order valence-corrected chi connectivity index (χ2v) is 4.30.